The number of hydrogen-bond acceptors (Lipinski definition) is 2. The molecule has 1 aromatic heterocycles. The third kappa shape index (κ3) is 5.31. The van der Waals surface area contributed by atoms with Gasteiger partial charge in [0.1, 0.15) is 0 Å². The highest BCUT2D eigenvalue weighted by Crippen LogP contribution is 2.28. The van der Waals surface area contributed by atoms with Gasteiger partial charge in [0.15, 0.2) is 0 Å². The van der Waals surface area contributed by atoms with Crippen molar-refractivity contribution in [2.24, 2.45) is 10.8 Å². The summed E-state index contributed by atoms with van der Waals surface area (Å²) >= 11 is 1.88. The Morgan fingerprint density at radius 1 is 1.00 bits per heavy atom. The predicted octanol–water partition coefficient (Wildman–Crippen LogP) is 4.32. The van der Waals surface area contributed by atoms with E-state index in [1.807, 2.05) is 11.3 Å². The highest BCUT2D eigenvalue weighted by atomic mass is 32.1. The van der Waals surface area contributed by atoms with Gasteiger partial charge in [-0.15, -0.1) is 11.3 Å². The topological polar surface area (TPSA) is 12.9 Å². The molecule has 0 aliphatic carbocycles. The van der Waals surface area contributed by atoms with Crippen LogP contribution >= 0.6 is 11.3 Å². The fraction of sp³-hybridized carbons (Fsp3) is 0.769. The standard InChI is InChI=1S/C13H23NS/c1-12(2,3)7-10-9-14-11(15-10)8-13(4,5)6/h9H,7-8H2,1-6H3. The van der Waals surface area contributed by atoms with E-state index in [2.05, 4.69) is 52.7 Å². The van der Waals surface area contributed by atoms with E-state index in [1.165, 1.54) is 9.88 Å². The van der Waals surface area contributed by atoms with Crippen LogP contribution in [0.3, 0.4) is 0 Å². The van der Waals surface area contributed by atoms with E-state index in [0.29, 0.717) is 10.8 Å². The minimum Gasteiger partial charge on any atom is -0.249 e. The highest BCUT2D eigenvalue weighted by molar-refractivity contribution is 7.11. The van der Waals surface area contributed by atoms with Crippen molar-refractivity contribution in [3.05, 3.63) is 16.1 Å². The van der Waals surface area contributed by atoms with Crippen LogP contribution in [0.4, 0.5) is 0 Å². The third-order valence-electron chi connectivity index (χ3n) is 1.99. The lowest BCUT2D eigenvalue weighted by atomic mass is 9.92. The van der Waals surface area contributed by atoms with E-state index < -0.39 is 0 Å². The number of hydrogen-bond donors (Lipinski definition) is 0. The molecule has 1 rings (SSSR count). The zero-order valence-electron chi connectivity index (χ0n) is 10.8. The first-order valence-electron chi connectivity index (χ1n) is 5.59. The zero-order valence-corrected chi connectivity index (χ0v) is 11.7. The minimum atomic E-state index is 0.344. The lowest BCUT2D eigenvalue weighted by molar-refractivity contribution is 0.410. The van der Waals surface area contributed by atoms with E-state index in [1.54, 1.807) is 0 Å². The summed E-state index contributed by atoms with van der Waals surface area (Å²) in [6.07, 6.45) is 4.27. The molecule has 0 N–H and O–H groups in total. The van der Waals surface area contributed by atoms with Crippen molar-refractivity contribution in [3.63, 3.8) is 0 Å². The van der Waals surface area contributed by atoms with E-state index in [4.69, 9.17) is 0 Å². The van der Waals surface area contributed by atoms with Crippen LogP contribution in [0.1, 0.15) is 51.4 Å². The van der Waals surface area contributed by atoms with Crippen molar-refractivity contribution in [3.8, 4) is 0 Å². The Hall–Kier alpha value is -0.370. The monoisotopic (exact) mass is 225 g/mol. The number of thiazole rings is 1. The van der Waals surface area contributed by atoms with E-state index in [-0.39, 0.29) is 0 Å². The highest BCUT2D eigenvalue weighted by Gasteiger charge is 2.16. The number of rotatable bonds is 2. The van der Waals surface area contributed by atoms with E-state index in [9.17, 15) is 0 Å². The fourth-order valence-corrected chi connectivity index (χ4v) is 3.01. The first kappa shape index (κ1) is 12.7. The van der Waals surface area contributed by atoms with Crippen LogP contribution < -0.4 is 0 Å². The number of nitrogens with zero attached hydrogens (tertiary/aromatic N) is 1. The molecular formula is C13H23NS. The summed E-state index contributed by atoms with van der Waals surface area (Å²) < 4.78 is 0. The molecule has 1 aromatic rings. The second-order valence-electron chi connectivity index (χ2n) is 6.70. The first-order valence-corrected chi connectivity index (χ1v) is 6.41. The molecule has 15 heavy (non-hydrogen) atoms. The maximum atomic E-state index is 4.50. The fourth-order valence-electron chi connectivity index (χ4n) is 1.49. The van der Waals surface area contributed by atoms with Gasteiger partial charge in [0, 0.05) is 17.5 Å². The van der Waals surface area contributed by atoms with Gasteiger partial charge in [-0.1, -0.05) is 41.5 Å². The van der Waals surface area contributed by atoms with Gasteiger partial charge in [-0.25, -0.2) is 4.98 Å². The molecule has 0 atom stereocenters. The Morgan fingerprint density at radius 2 is 1.53 bits per heavy atom. The molecule has 0 amide bonds. The lowest BCUT2D eigenvalue weighted by Gasteiger charge is -2.16. The molecule has 2 heteroatoms. The van der Waals surface area contributed by atoms with Crippen molar-refractivity contribution in [2.45, 2.75) is 54.4 Å². The van der Waals surface area contributed by atoms with Gasteiger partial charge in [-0.2, -0.15) is 0 Å². The van der Waals surface area contributed by atoms with Crippen molar-refractivity contribution in [1.29, 1.82) is 0 Å². The second-order valence-corrected chi connectivity index (χ2v) is 7.89. The Labute approximate surface area is 97.9 Å². The molecule has 0 aromatic carbocycles. The summed E-state index contributed by atoms with van der Waals surface area (Å²) in [5.74, 6) is 0. The average Bonchev–Trinajstić information content (AvgIpc) is 2.28. The molecule has 86 valence electrons. The summed E-state index contributed by atoms with van der Waals surface area (Å²) in [6.45, 7) is 13.6. The largest absolute Gasteiger partial charge is 0.249 e. The quantitative estimate of drug-likeness (QED) is 0.730. The van der Waals surface area contributed by atoms with Crippen molar-refractivity contribution in [1.82, 2.24) is 4.98 Å². The van der Waals surface area contributed by atoms with Crippen molar-refractivity contribution < 1.29 is 0 Å². The first-order chi connectivity index (χ1) is 6.66. The predicted molar refractivity (Wildman–Crippen MR) is 68.4 cm³/mol. The van der Waals surface area contributed by atoms with Crippen LogP contribution in [0.2, 0.25) is 0 Å². The van der Waals surface area contributed by atoms with Gasteiger partial charge in [-0.05, 0) is 17.3 Å². The second kappa shape index (κ2) is 4.25. The number of aromatic nitrogens is 1. The minimum absolute atomic E-state index is 0.344. The Balaban J connectivity index is 2.65. The molecule has 0 unspecified atom stereocenters. The maximum Gasteiger partial charge on any atom is 0.0932 e. The van der Waals surface area contributed by atoms with Crippen LogP contribution in [0.25, 0.3) is 0 Å². The summed E-state index contributed by atoms with van der Waals surface area (Å²) in [7, 11) is 0. The van der Waals surface area contributed by atoms with Gasteiger partial charge in [-0.3, -0.25) is 0 Å². The van der Waals surface area contributed by atoms with Gasteiger partial charge in [0.05, 0.1) is 5.01 Å². The third-order valence-corrected chi connectivity index (χ3v) is 2.98. The summed E-state index contributed by atoms with van der Waals surface area (Å²) in [4.78, 5) is 5.92. The molecule has 1 heterocycles. The van der Waals surface area contributed by atoms with Gasteiger partial charge in [0.25, 0.3) is 0 Å². The van der Waals surface area contributed by atoms with Crippen LogP contribution in [0.15, 0.2) is 6.20 Å². The van der Waals surface area contributed by atoms with Crippen molar-refractivity contribution in [2.75, 3.05) is 0 Å². The molecule has 0 bridgehead atoms. The molecule has 0 aliphatic rings. The summed E-state index contributed by atoms with van der Waals surface area (Å²) in [5, 5.41) is 1.28. The molecule has 0 saturated heterocycles. The molecule has 0 radical (unpaired) electrons. The maximum absolute atomic E-state index is 4.50. The molecule has 0 spiro atoms. The van der Waals surface area contributed by atoms with Gasteiger partial charge >= 0.3 is 0 Å². The Morgan fingerprint density at radius 3 is 2.00 bits per heavy atom. The Kier molecular flexibility index (Phi) is 3.59. The van der Waals surface area contributed by atoms with E-state index in [0.717, 1.165) is 12.8 Å². The summed E-state index contributed by atoms with van der Waals surface area (Å²) in [6, 6.07) is 0. The molecule has 1 nitrogen and oxygen atoms in total. The lowest BCUT2D eigenvalue weighted by Crippen LogP contribution is -2.08. The molecule has 0 saturated carbocycles. The van der Waals surface area contributed by atoms with E-state index >= 15 is 0 Å². The molecular weight excluding hydrogens is 202 g/mol. The van der Waals surface area contributed by atoms with Crippen molar-refractivity contribution >= 4 is 11.3 Å². The zero-order chi connectivity index (χ0) is 11.7. The van der Waals surface area contributed by atoms with Crippen LogP contribution in [-0.2, 0) is 12.8 Å². The summed E-state index contributed by atoms with van der Waals surface area (Å²) in [5.41, 5.74) is 0.711. The van der Waals surface area contributed by atoms with Crippen LogP contribution in [-0.4, -0.2) is 4.98 Å². The van der Waals surface area contributed by atoms with Crippen LogP contribution in [0, 0.1) is 10.8 Å². The van der Waals surface area contributed by atoms with Gasteiger partial charge < -0.3 is 0 Å². The van der Waals surface area contributed by atoms with Crippen LogP contribution in [0.5, 0.6) is 0 Å². The smallest absolute Gasteiger partial charge is 0.0932 e. The molecule has 0 fully saturated rings. The SMILES string of the molecule is CC(C)(C)Cc1cnc(CC(C)(C)C)s1. The molecule has 0 aliphatic heterocycles. The van der Waals surface area contributed by atoms with Gasteiger partial charge in [0.2, 0.25) is 0 Å². The Bertz CT molecular complexity index is 282. The normalized spacial score (nSPS) is 13.2. The average molecular weight is 225 g/mol.